The predicted octanol–water partition coefficient (Wildman–Crippen LogP) is 12.5. The average molecular weight is 818 g/mol. The minimum absolute atomic E-state index is 0.313. The van der Waals surface area contributed by atoms with Crippen molar-refractivity contribution in [1.82, 2.24) is 0 Å². The zero-order chi connectivity index (χ0) is 40.0. The topological polar surface area (TPSA) is 80.9 Å². The molecule has 10 aromatic carbocycles. The number of aromatic hydroxyl groups is 2. The molecule has 0 fully saturated rings. The first-order valence-corrected chi connectivity index (χ1v) is 19.7. The van der Waals surface area contributed by atoms with E-state index in [1.807, 2.05) is 133 Å². The normalized spacial score (nSPS) is 10.8. The Bertz CT molecular complexity index is 3020. The number of rotatable bonds is 4. The number of phenols is 2. The molecule has 0 aliphatic heterocycles. The summed E-state index contributed by atoms with van der Waals surface area (Å²) >= 11 is 3.64. The quantitative estimate of drug-likeness (QED) is 0.133. The summed E-state index contributed by atoms with van der Waals surface area (Å²) in [5, 5.41) is 47.0. The van der Waals surface area contributed by atoms with Crippen LogP contribution in [0.2, 0.25) is 0 Å². The van der Waals surface area contributed by atoms with Crippen LogP contribution in [-0.2, 0) is 0 Å². The summed E-state index contributed by atoms with van der Waals surface area (Å²) in [7, 11) is -1.38. The third kappa shape index (κ3) is 8.08. The highest BCUT2D eigenvalue weighted by Gasteiger charge is 2.16. The molecule has 4 nitrogen and oxygen atoms in total. The number of phenolic OH excluding ortho intramolecular Hbond substituents is 2. The van der Waals surface area contributed by atoms with Crippen LogP contribution in [0.15, 0.2) is 211 Å². The zero-order valence-corrected chi connectivity index (χ0v) is 33.0. The van der Waals surface area contributed by atoms with Crippen LogP contribution in [0, 0.1) is 0 Å². The van der Waals surface area contributed by atoms with E-state index in [0.29, 0.717) is 17.0 Å². The highest BCUT2D eigenvalue weighted by molar-refractivity contribution is 9.10. The van der Waals surface area contributed by atoms with Gasteiger partial charge in [0.05, 0.1) is 0 Å². The lowest BCUT2D eigenvalue weighted by molar-refractivity contribution is 0.426. The van der Waals surface area contributed by atoms with E-state index in [0.717, 1.165) is 70.2 Å². The van der Waals surface area contributed by atoms with E-state index in [-0.39, 0.29) is 0 Å². The van der Waals surface area contributed by atoms with E-state index >= 15 is 0 Å². The summed E-state index contributed by atoms with van der Waals surface area (Å²) in [5.41, 5.74) is 7.07. The van der Waals surface area contributed by atoms with Crippen LogP contribution in [0.1, 0.15) is 0 Å². The van der Waals surface area contributed by atoms with Crippen LogP contribution in [-0.4, -0.2) is 27.4 Å². The van der Waals surface area contributed by atoms with Gasteiger partial charge >= 0.3 is 7.12 Å². The molecule has 6 heteroatoms. The lowest BCUT2D eigenvalue weighted by Crippen LogP contribution is -2.29. The highest BCUT2D eigenvalue weighted by atomic mass is 79.9. The van der Waals surface area contributed by atoms with Gasteiger partial charge in [-0.25, -0.2) is 0 Å². The number of hydrogen-bond acceptors (Lipinski definition) is 4. The van der Waals surface area contributed by atoms with E-state index in [9.17, 15) is 10.2 Å². The monoisotopic (exact) mass is 816 g/mol. The van der Waals surface area contributed by atoms with Gasteiger partial charge < -0.3 is 20.3 Å². The van der Waals surface area contributed by atoms with Gasteiger partial charge in [-0.2, -0.15) is 0 Å². The lowest BCUT2D eigenvalue weighted by atomic mass is 9.79. The van der Waals surface area contributed by atoms with Gasteiger partial charge in [-0.3, -0.25) is 0 Å². The van der Waals surface area contributed by atoms with Gasteiger partial charge in [0.25, 0.3) is 0 Å². The fraction of sp³-hybridized carbons (Fsp3) is 0. The maximum atomic E-state index is 10.7. The molecule has 0 spiro atoms. The molecule has 58 heavy (non-hydrogen) atoms. The molecule has 0 saturated heterocycles. The third-order valence-electron chi connectivity index (χ3n) is 10.3. The Hall–Kier alpha value is -6.70. The minimum Gasteiger partial charge on any atom is -0.507 e. The Morgan fingerprint density at radius 3 is 1.36 bits per heavy atom. The van der Waals surface area contributed by atoms with Gasteiger partial charge in [0.15, 0.2) is 0 Å². The largest absolute Gasteiger partial charge is 0.507 e. The first-order chi connectivity index (χ1) is 28.4. The Balaban J connectivity index is 0.000000131. The number of halogens is 1. The molecule has 280 valence electrons. The number of fused-ring (bicyclic) bond motifs is 4. The van der Waals surface area contributed by atoms with Gasteiger partial charge in [0, 0.05) is 26.2 Å². The van der Waals surface area contributed by atoms with Crippen molar-refractivity contribution in [2.45, 2.75) is 0 Å². The molecule has 0 bridgehead atoms. The summed E-state index contributed by atoms with van der Waals surface area (Å²) in [6.45, 7) is 0. The Kier molecular flexibility index (Phi) is 11.3. The van der Waals surface area contributed by atoms with Crippen molar-refractivity contribution in [1.29, 1.82) is 0 Å². The van der Waals surface area contributed by atoms with Crippen LogP contribution < -0.4 is 5.46 Å². The van der Waals surface area contributed by atoms with Crippen molar-refractivity contribution in [3.05, 3.63) is 211 Å². The van der Waals surface area contributed by atoms with Crippen LogP contribution in [0.25, 0.3) is 76.5 Å². The molecule has 0 atom stereocenters. The summed E-state index contributed by atoms with van der Waals surface area (Å²) in [6, 6.07) is 68.1. The molecule has 0 aliphatic carbocycles. The SMILES string of the molecule is OB(O)c1ccc2ccccc2c1.Oc1cc(-c2ccccc2)c(-c2ccc3ccccc3c2)c2ccccc12.Oc1cc(-c2ccccc2)c(Br)c2ccccc12. The predicted molar refractivity (Wildman–Crippen MR) is 247 cm³/mol. The second-order valence-electron chi connectivity index (χ2n) is 13.9. The first-order valence-electron chi connectivity index (χ1n) is 19.0. The van der Waals surface area contributed by atoms with Crippen LogP contribution >= 0.6 is 15.9 Å². The third-order valence-corrected chi connectivity index (χ3v) is 11.1. The van der Waals surface area contributed by atoms with Crippen molar-refractivity contribution in [3.8, 4) is 44.9 Å². The van der Waals surface area contributed by atoms with E-state index < -0.39 is 7.12 Å². The van der Waals surface area contributed by atoms with E-state index in [4.69, 9.17) is 10.0 Å². The smallest absolute Gasteiger partial charge is 0.488 e. The molecular weight excluding hydrogens is 779 g/mol. The maximum Gasteiger partial charge on any atom is 0.488 e. The van der Waals surface area contributed by atoms with Crippen LogP contribution in [0.5, 0.6) is 11.5 Å². The number of hydrogen-bond donors (Lipinski definition) is 4. The second kappa shape index (κ2) is 17.2. The molecule has 0 aliphatic rings. The Labute approximate surface area is 345 Å². The molecule has 0 amide bonds. The van der Waals surface area contributed by atoms with Crippen LogP contribution in [0.3, 0.4) is 0 Å². The van der Waals surface area contributed by atoms with Crippen molar-refractivity contribution < 1.29 is 20.3 Å². The molecule has 0 aromatic heterocycles. The molecule has 0 radical (unpaired) electrons. The summed E-state index contributed by atoms with van der Waals surface area (Å²) in [4.78, 5) is 0. The zero-order valence-electron chi connectivity index (χ0n) is 31.4. The molecule has 10 aromatic rings. The van der Waals surface area contributed by atoms with Crippen molar-refractivity contribution in [2.24, 2.45) is 0 Å². The Morgan fingerprint density at radius 1 is 0.345 bits per heavy atom. The van der Waals surface area contributed by atoms with Crippen molar-refractivity contribution >= 4 is 71.6 Å². The maximum absolute atomic E-state index is 10.7. The van der Waals surface area contributed by atoms with Gasteiger partial charge in [-0.05, 0) is 94.3 Å². The van der Waals surface area contributed by atoms with Crippen molar-refractivity contribution in [3.63, 3.8) is 0 Å². The molecule has 0 saturated carbocycles. The van der Waals surface area contributed by atoms with Gasteiger partial charge in [-0.15, -0.1) is 0 Å². The second-order valence-corrected chi connectivity index (χ2v) is 14.7. The van der Waals surface area contributed by atoms with Gasteiger partial charge in [0.1, 0.15) is 11.5 Å². The van der Waals surface area contributed by atoms with E-state index in [1.165, 1.54) is 10.8 Å². The standard InChI is InChI=1S/C26H18O.C16H11BrO.C10H9BO2/c27-25-17-24(19-9-2-1-3-10-19)26(23-13-7-6-12-22(23)25)21-15-14-18-8-4-5-11-20(18)16-21;17-16-13-9-5-4-8-12(13)15(18)10-14(16)11-6-2-1-3-7-11;12-11(13)10-6-5-8-3-1-2-4-9(8)7-10/h1-17,27H;1-10,18H;1-7,12-13H. The van der Waals surface area contributed by atoms with Gasteiger partial charge in [0.2, 0.25) is 0 Å². The van der Waals surface area contributed by atoms with Gasteiger partial charge in [-0.1, -0.05) is 188 Å². The van der Waals surface area contributed by atoms with Crippen molar-refractivity contribution in [2.75, 3.05) is 0 Å². The molecule has 0 heterocycles. The highest BCUT2D eigenvalue weighted by Crippen LogP contribution is 2.43. The minimum atomic E-state index is -1.38. The fourth-order valence-corrected chi connectivity index (χ4v) is 8.06. The lowest BCUT2D eigenvalue weighted by Gasteiger charge is -2.16. The summed E-state index contributed by atoms with van der Waals surface area (Å²) in [5.74, 6) is 0.627. The summed E-state index contributed by atoms with van der Waals surface area (Å²) in [6.07, 6.45) is 0. The molecular formula is C52H38BBrO4. The van der Waals surface area contributed by atoms with E-state index in [2.05, 4.69) is 76.6 Å². The molecule has 10 rings (SSSR count). The fourth-order valence-electron chi connectivity index (χ4n) is 7.37. The van der Waals surface area contributed by atoms with E-state index in [1.54, 1.807) is 12.1 Å². The average Bonchev–Trinajstić information content (AvgIpc) is 3.28. The Morgan fingerprint density at radius 2 is 0.776 bits per heavy atom. The first kappa shape index (κ1) is 38.2. The van der Waals surface area contributed by atoms with Crippen LogP contribution in [0.4, 0.5) is 0 Å². The summed E-state index contributed by atoms with van der Waals surface area (Å²) < 4.78 is 1.02. The number of benzene rings is 10. The molecule has 4 N–H and O–H groups in total. The molecule has 0 unspecified atom stereocenters.